The molecular formula is C20H31ClF3N5. The first-order chi connectivity index (χ1) is 13.7. The zero-order valence-corrected chi connectivity index (χ0v) is 17.9. The van der Waals surface area contributed by atoms with Crippen LogP contribution in [-0.2, 0) is 6.54 Å². The van der Waals surface area contributed by atoms with E-state index < -0.39 is 12.7 Å². The lowest BCUT2D eigenvalue weighted by atomic mass is 10.0. The highest BCUT2D eigenvalue weighted by molar-refractivity contribution is 6.30. The topological polar surface area (TPSA) is 42.9 Å². The molecule has 0 aromatic heterocycles. The maximum atomic E-state index is 12.4. The number of likely N-dealkylation sites (N-methyl/N-ethyl adjacent to an activating group) is 1. The number of benzene rings is 1. The Morgan fingerprint density at radius 3 is 2.48 bits per heavy atom. The van der Waals surface area contributed by atoms with E-state index in [2.05, 4.69) is 32.7 Å². The largest absolute Gasteiger partial charge is 0.401 e. The van der Waals surface area contributed by atoms with Gasteiger partial charge in [-0.1, -0.05) is 23.7 Å². The van der Waals surface area contributed by atoms with Gasteiger partial charge in [-0.05, 0) is 44.5 Å². The minimum Gasteiger partial charge on any atom is -0.357 e. The molecule has 1 aromatic carbocycles. The summed E-state index contributed by atoms with van der Waals surface area (Å²) in [6.07, 6.45) is -2.20. The molecule has 1 heterocycles. The molecule has 1 saturated heterocycles. The summed E-state index contributed by atoms with van der Waals surface area (Å²) in [5, 5.41) is 7.35. The Hall–Kier alpha value is -1.51. The molecular weight excluding hydrogens is 403 g/mol. The summed E-state index contributed by atoms with van der Waals surface area (Å²) in [5.74, 6) is 0.670. The smallest absolute Gasteiger partial charge is 0.357 e. The number of hydrogen-bond acceptors (Lipinski definition) is 3. The predicted octanol–water partition coefficient (Wildman–Crippen LogP) is 3.35. The maximum absolute atomic E-state index is 12.4. The molecule has 1 aliphatic rings. The Kier molecular flexibility index (Phi) is 9.52. The number of alkyl halides is 3. The summed E-state index contributed by atoms with van der Waals surface area (Å²) in [6, 6.07) is 8.24. The van der Waals surface area contributed by atoms with Crippen molar-refractivity contribution in [2.75, 3.05) is 46.3 Å². The second-order valence-electron chi connectivity index (χ2n) is 7.43. The number of nitrogens with zero attached hydrogens (tertiary/aromatic N) is 3. The molecule has 2 N–H and O–H groups in total. The van der Waals surface area contributed by atoms with Gasteiger partial charge >= 0.3 is 6.18 Å². The summed E-state index contributed by atoms with van der Waals surface area (Å²) in [5.41, 5.74) is 1.25. The number of rotatable bonds is 8. The first kappa shape index (κ1) is 23.8. The van der Waals surface area contributed by atoms with E-state index >= 15 is 0 Å². The van der Waals surface area contributed by atoms with E-state index in [-0.39, 0.29) is 6.54 Å². The monoisotopic (exact) mass is 433 g/mol. The van der Waals surface area contributed by atoms with Gasteiger partial charge in [0.25, 0.3) is 0 Å². The molecule has 9 heteroatoms. The van der Waals surface area contributed by atoms with Crippen LogP contribution in [0.3, 0.4) is 0 Å². The number of piperidine rings is 1. The van der Waals surface area contributed by atoms with Gasteiger partial charge in [-0.15, -0.1) is 0 Å². The van der Waals surface area contributed by atoms with Crippen molar-refractivity contribution >= 4 is 17.6 Å². The molecule has 0 radical (unpaired) electrons. The minimum absolute atomic E-state index is 0.260. The third-order valence-corrected chi connectivity index (χ3v) is 5.04. The molecule has 5 nitrogen and oxygen atoms in total. The van der Waals surface area contributed by atoms with Crippen LogP contribution < -0.4 is 10.6 Å². The summed E-state index contributed by atoms with van der Waals surface area (Å²) >= 11 is 5.94. The summed E-state index contributed by atoms with van der Waals surface area (Å²) in [6.45, 7) is 5.21. The number of guanidine groups is 1. The number of halogens is 4. The molecule has 1 aliphatic heterocycles. The highest BCUT2D eigenvalue weighted by Crippen LogP contribution is 2.16. The molecule has 0 aliphatic carbocycles. The Morgan fingerprint density at radius 1 is 1.24 bits per heavy atom. The number of aliphatic imine (C=N–C) groups is 1. The van der Waals surface area contributed by atoms with Crippen LogP contribution in [0.4, 0.5) is 13.2 Å². The van der Waals surface area contributed by atoms with Gasteiger partial charge < -0.3 is 10.6 Å². The fourth-order valence-corrected chi connectivity index (χ4v) is 3.44. The van der Waals surface area contributed by atoms with Crippen LogP contribution in [0.5, 0.6) is 0 Å². The number of hydrogen-bond donors (Lipinski definition) is 2. The normalized spacial score (nSPS) is 17.0. The molecule has 0 spiro atoms. The van der Waals surface area contributed by atoms with E-state index in [1.54, 1.807) is 0 Å². The van der Waals surface area contributed by atoms with Crippen molar-refractivity contribution in [3.05, 3.63) is 34.9 Å². The van der Waals surface area contributed by atoms with Gasteiger partial charge in [0.1, 0.15) is 0 Å². The van der Waals surface area contributed by atoms with Crippen LogP contribution in [0, 0.1) is 0 Å². The fourth-order valence-electron chi connectivity index (χ4n) is 3.31. The average Bonchev–Trinajstić information content (AvgIpc) is 2.64. The molecule has 2 rings (SSSR count). The molecule has 0 saturated carbocycles. The summed E-state index contributed by atoms with van der Waals surface area (Å²) in [7, 11) is 1.46. The van der Waals surface area contributed by atoms with Crippen molar-refractivity contribution in [3.63, 3.8) is 0 Å². The van der Waals surface area contributed by atoms with Crippen LogP contribution >= 0.6 is 11.6 Å². The Balaban J connectivity index is 1.75. The van der Waals surface area contributed by atoms with Crippen molar-refractivity contribution in [1.29, 1.82) is 0 Å². The van der Waals surface area contributed by atoms with Gasteiger partial charge in [-0.2, -0.15) is 13.2 Å². The van der Waals surface area contributed by atoms with Gasteiger partial charge in [0.05, 0.1) is 13.1 Å². The minimum atomic E-state index is -4.18. The van der Waals surface area contributed by atoms with Crippen LogP contribution in [0.2, 0.25) is 5.02 Å². The lowest BCUT2D eigenvalue weighted by molar-refractivity contribution is -0.142. The van der Waals surface area contributed by atoms with E-state index in [0.717, 1.165) is 37.5 Å². The van der Waals surface area contributed by atoms with E-state index in [0.29, 0.717) is 25.1 Å². The van der Waals surface area contributed by atoms with Crippen LogP contribution in [0.1, 0.15) is 25.3 Å². The van der Waals surface area contributed by atoms with Gasteiger partial charge in [-0.3, -0.25) is 14.8 Å². The SMILES string of the molecule is CCNC(=NCCN(C)CC(F)(F)F)NC1CCN(Cc2ccc(Cl)cc2)CC1. The lowest BCUT2D eigenvalue weighted by Gasteiger charge is -2.33. The zero-order chi connectivity index (χ0) is 21.3. The van der Waals surface area contributed by atoms with Crippen molar-refractivity contribution < 1.29 is 13.2 Å². The lowest BCUT2D eigenvalue weighted by Crippen LogP contribution is -2.48. The fraction of sp³-hybridized carbons (Fsp3) is 0.650. The first-order valence-electron chi connectivity index (χ1n) is 10.0. The summed E-state index contributed by atoms with van der Waals surface area (Å²) in [4.78, 5) is 8.08. The van der Waals surface area contributed by atoms with Crippen molar-refractivity contribution in [2.45, 2.75) is 38.5 Å². The zero-order valence-electron chi connectivity index (χ0n) is 17.1. The first-order valence-corrected chi connectivity index (χ1v) is 10.4. The highest BCUT2D eigenvalue weighted by atomic mass is 35.5. The predicted molar refractivity (Wildman–Crippen MR) is 112 cm³/mol. The van der Waals surface area contributed by atoms with Crippen LogP contribution in [0.25, 0.3) is 0 Å². The Labute approximate surface area is 176 Å². The Morgan fingerprint density at radius 2 is 1.90 bits per heavy atom. The number of nitrogens with one attached hydrogen (secondary N) is 2. The maximum Gasteiger partial charge on any atom is 0.401 e. The average molecular weight is 434 g/mol. The quantitative estimate of drug-likeness (QED) is 0.487. The highest BCUT2D eigenvalue weighted by Gasteiger charge is 2.28. The van der Waals surface area contributed by atoms with Crippen LogP contribution in [-0.4, -0.2) is 74.3 Å². The molecule has 29 heavy (non-hydrogen) atoms. The molecule has 0 unspecified atom stereocenters. The number of likely N-dealkylation sites (tertiary alicyclic amines) is 1. The van der Waals surface area contributed by atoms with Crippen molar-refractivity contribution in [1.82, 2.24) is 20.4 Å². The van der Waals surface area contributed by atoms with Crippen LogP contribution in [0.15, 0.2) is 29.3 Å². The van der Waals surface area contributed by atoms with E-state index in [9.17, 15) is 13.2 Å². The molecule has 0 amide bonds. The second kappa shape index (κ2) is 11.6. The summed E-state index contributed by atoms with van der Waals surface area (Å²) < 4.78 is 37.2. The van der Waals surface area contributed by atoms with E-state index in [1.807, 2.05) is 19.1 Å². The van der Waals surface area contributed by atoms with Gasteiger partial charge in [0.2, 0.25) is 0 Å². The van der Waals surface area contributed by atoms with E-state index in [1.165, 1.54) is 17.5 Å². The van der Waals surface area contributed by atoms with E-state index in [4.69, 9.17) is 11.6 Å². The van der Waals surface area contributed by atoms with Gasteiger partial charge in [0.15, 0.2) is 5.96 Å². The second-order valence-corrected chi connectivity index (χ2v) is 7.87. The standard InChI is InChI=1S/C20H31ClF3N5/c1-3-25-19(26-10-13-28(2)15-20(22,23)24)27-18-8-11-29(12-9-18)14-16-4-6-17(21)7-5-16/h4-7,18H,3,8-15H2,1-2H3,(H2,25,26,27). The third kappa shape index (κ3) is 9.69. The van der Waals surface area contributed by atoms with Crippen molar-refractivity contribution in [3.8, 4) is 0 Å². The Bertz CT molecular complexity index is 628. The van der Waals surface area contributed by atoms with Crippen molar-refractivity contribution in [2.24, 2.45) is 4.99 Å². The van der Waals surface area contributed by atoms with Gasteiger partial charge in [0, 0.05) is 43.8 Å². The molecule has 0 bridgehead atoms. The molecule has 1 fully saturated rings. The third-order valence-electron chi connectivity index (χ3n) is 4.79. The molecule has 164 valence electrons. The molecule has 1 aromatic rings. The molecule has 0 atom stereocenters. The van der Waals surface area contributed by atoms with Gasteiger partial charge in [-0.25, -0.2) is 0 Å².